The Kier molecular flexibility index (Phi) is 2.85. The van der Waals surface area contributed by atoms with Crippen molar-refractivity contribution in [2.75, 3.05) is 24.6 Å². The molecule has 1 fully saturated rings. The lowest BCUT2D eigenvalue weighted by Crippen LogP contribution is -2.62. The molecule has 3 heterocycles. The highest BCUT2D eigenvalue weighted by Crippen LogP contribution is 2.42. The molecule has 1 spiro atoms. The lowest BCUT2D eigenvalue weighted by molar-refractivity contribution is 0.0865. The van der Waals surface area contributed by atoms with Crippen molar-refractivity contribution in [3.63, 3.8) is 0 Å². The van der Waals surface area contributed by atoms with Crippen molar-refractivity contribution in [2.45, 2.75) is 6.42 Å². The van der Waals surface area contributed by atoms with Crippen molar-refractivity contribution in [1.29, 1.82) is 0 Å². The van der Waals surface area contributed by atoms with E-state index in [9.17, 15) is 0 Å². The van der Waals surface area contributed by atoms with Crippen LogP contribution in [0.1, 0.15) is 5.56 Å². The van der Waals surface area contributed by atoms with E-state index in [1.807, 2.05) is 36.4 Å². The molecule has 0 unspecified atom stereocenters. The van der Waals surface area contributed by atoms with Gasteiger partial charge in [-0.05, 0) is 40.6 Å². The number of hydrogen-bond donors (Lipinski definition) is 0. The number of ether oxygens (including phenoxy) is 1. The average molecular weight is 319 g/mol. The average Bonchev–Trinajstić information content (AvgIpc) is 3.09. The van der Waals surface area contributed by atoms with Crippen LogP contribution < -0.4 is 9.64 Å². The van der Waals surface area contributed by atoms with Gasteiger partial charge in [-0.15, -0.1) is 0 Å². The molecule has 1 aromatic heterocycles. The number of tetrazole rings is 1. The smallest absolute Gasteiger partial charge is 0.250 e. The quantitative estimate of drug-likeness (QED) is 0.724. The number of nitrogens with zero attached hydrogens (tertiary/aromatic N) is 5. The predicted octanol–water partition coefficient (Wildman–Crippen LogP) is 2.10. The monoisotopic (exact) mass is 319 g/mol. The number of benzene rings is 2. The topological polar surface area (TPSA) is 56.1 Å². The summed E-state index contributed by atoms with van der Waals surface area (Å²) in [5.41, 5.74) is 2.44. The highest BCUT2D eigenvalue weighted by atomic mass is 16.5. The van der Waals surface area contributed by atoms with E-state index >= 15 is 0 Å². The van der Waals surface area contributed by atoms with Crippen LogP contribution in [0.5, 0.6) is 5.75 Å². The second-order valence-corrected chi connectivity index (χ2v) is 6.66. The standard InChI is InChI=1S/C18H17N5O/c1-2-7-15(8-3-1)23-17(19-20-21-23)22-11-18(12-22)10-14-6-4-5-9-16(14)24-13-18/h1-9H,10-13H2. The Hall–Kier alpha value is -2.89. The number of anilines is 1. The van der Waals surface area contributed by atoms with Gasteiger partial charge in [0.25, 0.3) is 0 Å². The van der Waals surface area contributed by atoms with Crippen LogP contribution in [0.3, 0.4) is 0 Å². The Morgan fingerprint density at radius 2 is 1.75 bits per heavy atom. The minimum Gasteiger partial charge on any atom is -0.493 e. The van der Waals surface area contributed by atoms with Gasteiger partial charge in [0.2, 0.25) is 5.95 Å². The molecule has 0 radical (unpaired) electrons. The summed E-state index contributed by atoms with van der Waals surface area (Å²) >= 11 is 0. The zero-order chi connectivity index (χ0) is 16.0. The third kappa shape index (κ3) is 2.06. The lowest BCUT2D eigenvalue weighted by atomic mass is 9.74. The van der Waals surface area contributed by atoms with Gasteiger partial charge in [0.1, 0.15) is 5.75 Å². The van der Waals surface area contributed by atoms with Crippen LogP contribution >= 0.6 is 0 Å². The van der Waals surface area contributed by atoms with Crippen molar-refractivity contribution in [1.82, 2.24) is 20.2 Å². The Morgan fingerprint density at radius 1 is 0.958 bits per heavy atom. The molecule has 2 aliphatic rings. The number of fused-ring (bicyclic) bond motifs is 1. The van der Waals surface area contributed by atoms with Crippen molar-refractivity contribution in [3.8, 4) is 11.4 Å². The maximum atomic E-state index is 5.98. The van der Waals surface area contributed by atoms with E-state index in [4.69, 9.17) is 4.74 Å². The van der Waals surface area contributed by atoms with E-state index in [0.29, 0.717) is 0 Å². The molecular weight excluding hydrogens is 302 g/mol. The van der Waals surface area contributed by atoms with E-state index < -0.39 is 0 Å². The fraction of sp³-hybridized carbons (Fsp3) is 0.278. The van der Waals surface area contributed by atoms with Gasteiger partial charge >= 0.3 is 0 Å². The molecule has 2 aliphatic heterocycles. The maximum Gasteiger partial charge on any atom is 0.250 e. The van der Waals surface area contributed by atoms with Gasteiger partial charge in [-0.1, -0.05) is 41.5 Å². The summed E-state index contributed by atoms with van der Waals surface area (Å²) < 4.78 is 7.77. The number of hydrogen-bond acceptors (Lipinski definition) is 5. The molecule has 1 saturated heterocycles. The normalized spacial score (nSPS) is 17.9. The first-order chi connectivity index (χ1) is 11.8. The van der Waals surface area contributed by atoms with Crippen LogP contribution in [0, 0.1) is 5.41 Å². The maximum absolute atomic E-state index is 5.98. The number of para-hydroxylation sites is 2. The van der Waals surface area contributed by atoms with Crippen molar-refractivity contribution in [2.24, 2.45) is 5.41 Å². The molecule has 24 heavy (non-hydrogen) atoms. The summed E-state index contributed by atoms with van der Waals surface area (Å²) in [6.07, 6.45) is 1.05. The third-order valence-corrected chi connectivity index (χ3v) is 4.86. The summed E-state index contributed by atoms with van der Waals surface area (Å²) in [5.74, 6) is 1.82. The van der Waals surface area contributed by atoms with Crippen LogP contribution in [-0.2, 0) is 6.42 Å². The Morgan fingerprint density at radius 3 is 2.62 bits per heavy atom. The van der Waals surface area contributed by atoms with E-state index in [1.165, 1.54) is 5.56 Å². The van der Waals surface area contributed by atoms with Gasteiger partial charge in [-0.25, -0.2) is 0 Å². The Balaban J connectivity index is 1.37. The summed E-state index contributed by atoms with van der Waals surface area (Å²) in [4.78, 5) is 2.23. The molecular formula is C18H17N5O. The molecule has 2 aromatic carbocycles. The van der Waals surface area contributed by atoms with Gasteiger partial charge < -0.3 is 9.64 Å². The first-order valence-corrected chi connectivity index (χ1v) is 8.13. The fourth-order valence-electron chi connectivity index (χ4n) is 3.70. The first-order valence-electron chi connectivity index (χ1n) is 8.13. The van der Waals surface area contributed by atoms with Crippen molar-refractivity contribution >= 4 is 5.95 Å². The molecule has 0 aliphatic carbocycles. The van der Waals surface area contributed by atoms with E-state index in [1.54, 1.807) is 4.68 Å². The predicted molar refractivity (Wildman–Crippen MR) is 89.4 cm³/mol. The Labute approximate surface area is 139 Å². The lowest BCUT2D eigenvalue weighted by Gasteiger charge is -2.51. The van der Waals surface area contributed by atoms with Gasteiger partial charge in [0, 0.05) is 18.5 Å². The van der Waals surface area contributed by atoms with Gasteiger partial charge in [-0.3, -0.25) is 0 Å². The van der Waals surface area contributed by atoms with E-state index in [-0.39, 0.29) is 5.41 Å². The second-order valence-electron chi connectivity index (χ2n) is 6.66. The van der Waals surface area contributed by atoms with Crippen molar-refractivity contribution in [3.05, 3.63) is 60.2 Å². The first kappa shape index (κ1) is 13.5. The molecule has 3 aromatic rings. The third-order valence-electron chi connectivity index (χ3n) is 4.86. The zero-order valence-corrected chi connectivity index (χ0v) is 13.2. The zero-order valence-electron chi connectivity index (χ0n) is 13.2. The summed E-state index contributed by atoms with van der Waals surface area (Å²) in [7, 11) is 0. The molecule has 0 amide bonds. The molecule has 0 N–H and O–H groups in total. The number of rotatable bonds is 2. The van der Waals surface area contributed by atoms with Gasteiger partial charge in [0.05, 0.1) is 12.3 Å². The minimum absolute atomic E-state index is 0.168. The molecule has 6 heteroatoms. The SMILES string of the molecule is c1ccc(-n2nnnc2N2CC3(COc4ccccc4C3)C2)cc1. The highest BCUT2D eigenvalue weighted by molar-refractivity contribution is 5.46. The second kappa shape index (κ2) is 5.06. The molecule has 0 atom stereocenters. The summed E-state index contributed by atoms with van der Waals surface area (Å²) in [6, 6.07) is 18.3. The largest absolute Gasteiger partial charge is 0.493 e. The van der Waals surface area contributed by atoms with Crippen LogP contribution in [0.4, 0.5) is 5.95 Å². The molecule has 0 bridgehead atoms. The van der Waals surface area contributed by atoms with Crippen LogP contribution in [0.25, 0.3) is 5.69 Å². The highest BCUT2D eigenvalue weighted by Gasteiger charge is 2.47. The van der Waals surface area contributed by atoms with Crippen molar-refractivity contribution < 1.29 is 4.74 Å². The van der Waals surface area contributed by atoms with Crippen LogP contribution in [0.15, 0.2) is 54.6 Å². The Bertz CT molecular complexity index is 870. The molecule has 5 rings (SSSR count). The number of aromatic nitrogens is 4. The van der Waals surface area contributed by atoms with Crippen LogP contribution in [0.2, 0.25) is 0 Å². The summed E-state index contributed by atoms with van der Waals surface area (Å²) in [5, 5.41) is 12.2. The molecule has 6 nitrogen and oxygen atoms in total. The van der Waals surface area contributed by atoms with Gasteiger partial charge in [-0.2, -0.15) is 4.68 Å². The minimum atomic E-state index is 0.168. The van der Waals surface area contributed by atoms with Crippen LogP contribution in [-0.4, -0.2) is 39.9 Å². The van der Waals surface area contributed by atoms with Gasteiger partial charge in [0.15, 0.2) is 0 Å². The molecule has 120 valence electrons. The summed E-state index contributed by atoms with van der Waals surface area (Å²) in [6.45, 7) is 2.58. The fourth-order valence-corrected chi connectivity index (χ4v) is 3.70. The van der Waals surface area contributed by atoms with E-state index in [2.05, 4.69) is 38.6 Å². The molecule has 0 saturated carbocycles. The van der Waals surface area contributed by atoms with E-state index in [0.717, 1.165) is 43.5 Å².